The lowest BCUT2D eigenvalue weighted by Crippen LogP contribution is -2.32. The number of hydrogen-bond acceptors (Lipinski definition) is 3. The number of H-pyrrole nitrogens is 1. The molecule has 1 aromatic heterocycles. The van der Waals surface area contributed by atoms with E-state index in [1.807, 2.05) is 31.2 Å². The molecule has 0 saturated carbocycles. The van der Waals surface area contributed by atoms with E-state index >= 15 is 0 Å². The van der Waals surface area contributed by atoms with Gasteiger partial charge < -0.3 is 9.88 Å². The van der Waals surface area contributed by atoms with Gasteiger partial charge >= 0.3 is 0 Å². The highest BCUT2D eigenvalue weighted by molar-refractivity contribution is 14.1. The third kappa shape index (κ3) is 3.48. The van der Waals surface area contributed by atoms with Crippen LogP contribution < -0.4 is 5.56 Å². The van der Waals surface area contributed by atoms with Crippen LogP contribution in [0.3, 0.4) is 0 Å². The Labute approximate surface area is 152 Å². The van der Waals surface area contributed by atoms with E-state index < -0.39 is 0 Å². The summed E-state index contributed by atoms with van der Waals surface area (Å²) in [6.45, 7) is 2.70. The highest BCUT2D eigenvalue weighted by atomic mass is 127. The molecule has 3 rings (SSSR count). The highest BCUT2D eigenvalue weighted by Crippen LogP contribution is 2.12. The molecule has 0 saturated heterocycles. The SMILES string of the molecule is CCN(Cc1nc2ccccc2c(=O)[nH]1)C(=O)c1cccc(I)c1. The van der Waals surface area contributed by atoms with Crippen molar-refractivity contribution in [2.45, 2.75) is 13.5 Å². The monoisotopic (exact) mass is 433 g/mol. The Bertz CT molecular complexity index is 952. The Balaban J connectivity index is 1.90. The number of aromatic amines is 1. The molecule has 0 aliphatic carbocycles. The van der Waals surface area contributed by atoms with Gasteiger partial charge in [-0.05, 0) is 59.8 Å². The number of nitrogens with zero attached hydrogens (tertiary/aromatic N) is 2. The summed E-state index contributed by atoms with van der Waals surface area (Å²) < 4.78 is 1.01. The van der Waals surface area contributed by atoms with E-state index in [0.29, 0.717) is 28.8 Å². The minimum absolute atomic E-state index is 0.0770. The summed E-state index contributed by atoms with van der Waals surface area (Å²) in [6, 6.07) is 14.6. The average Bonchev–Trinajstić information content (AvgIpc) is 2.59. The number of carbonyl (C=O) groups excluding carboxylic acids is 1. The zero-order valence-electron chi connectivity index (χ0n) is 13.1. The summed E-state index contributed by atoms with van der Waals surface area (Å²) >= 11 is 2.18. The van der Waals surface area contributed by atoms with Gasteiger partial charge in [0.1, 0.15) is 5.82 Å². The summed E-state index contributed by atoms with van der Waals surface area (Å²) in [5.74, 6) is 0.409. The highest BCUT2D eigenvalue weighted by Gasteiger charge is 2.16. The first kappa shape index (κ1) is 16.6. The quantitative estimate of drug-likeness (QED) is 0.643. The van der Waals surface area contributed by atoms with E-state index in [0.717, 1.165) is 3.57 Å². The van der Waals surface area contributed by atoms with Crippen molar-refractivity contribution in [3.63, 3.8) is 0 Å². The largest absolute Gasteiger partial charge is 0.331 e. The Morgan fingerprint density at radius 1 is 1.21 bits per heavy atom. The number of amides is 1. The predicted octanol–water partition coefficient (Wildman–Crippen LogP) is 3.19. The molecular formula is C18H16IN3O2. The third-order valence-electron chi connectivity index (χ3n) is 3.74. The Hall–Kier alpha value is -2.22. The number of rotatable bonds is 4. The van der Waals surface area contributed by atoms with Gasteiger partial charge in [-0.25, -0.2) is 4.98 Å². The molecule has 0 fully saturated rings. The average molecular weight is 433 g/mol. The van der Waals surface area contributed by atoms with Crippen LogP contribution in [0.5, 0.6) is 0 Å². The molecule has 0 aliphatic heterocycles. The van der Waals surface area contributed by atoms with Gasteiger partial charge in [-0.3, -0.25) is 9.59 Å². The van der Waals surface area contributed by atoms with Gasteiger partial charge in [0.05, 0.1) is 17.4 Å². The summed E-state index contributed by atoms with van der Waals surface area (Å²) in [4.78, 5) is 33.7. The van der Waals surface area contributed by atoms with Crippen molar-refractivity contribution in [2.24, 2.45) is 0 Å². The normalized spacial score (nSPS) is 10.8. The molecule has 1 N–H and O–H groups in total. The van der Waals surface area contributed by atoms with E-state index in [4.69, 9.17) is 0 Å². The number of nitrogens with one attached hydrogen (secondary N) is 1. The van der Waals surface area contributed by atoms with Crippen molar-refractivity contribution in [3.05, 3.63) is 73.8 Å². The number of carbonyl (C=O) groups is 1. The molecule has 122 valence electrons. The van der Waals surface area contributed by atoms with Crippen LogP contribution in [-0.2, 0) is 6.54 Å². The third-order valence-corrected chi connectivity index (χ3v) is 4.41. The van der Waals surface area contributed by atoms with Gasteiger partial charge in [0, 0.05) is 15.7 Å². The van der Waals surface area contributed by atoms with E-state index in [2.05, 4.69) is 32.6 Å². The first-order valence-corrected chi connectivity index (χ1v) is 8.69. The topological polar surface area (TPSA) is 66.1 Å². The molecule has 5 nitrogen and oxygen atoms in total. The number of halogens is 1. The van der Waals surface area contributed by atoms with Crippen LogP contribution in [0.15, 0.2) is 53.3 Å². The maximum Gasteiger partial charge on any atom is 0.258 e. The van der Waals surface area contributed by atoms with Crippen molar-refractivity contribution in [2.75, 3.05) is 6.54 Å². The zero-order chi connectivity index (χ0) is 17.1. The minimum Gasteiger partial charge on any atom is -0.331 e. The van der Waals surface area contributed by atoms with E-state index in [-0.39, 0.29) is 18.0 Å². The number of aromatic nitrogens is 2. The molecule has 6 heteroatoms. The minimum atomic E-state index is -0.187. The van der Waals surface area contributed by atoms with Gasteiger partial charge in [-0.1, -0.05) is 18.2 Å². The van der Waals surface area contributed by atoms with Crippen LogP contribution in [0, 0.1) is 3.57 Å². The van der Waals surface area contributed by atoms with Crippen LogP contribution in [0.1, 0.15) is 23.1 Å². The van der Waals surface area contributed by atoms with Gasteiger partial charge in [-0.2, -0.15) is 0 Å². The van der Waals surface area contributed by atoms with Crippen molar-refractivity contribution in [1.29, 1.82) is 0 Å². The molecule has 0 radical (unpaired) electrons. The van der Waals surface area contributed by atoms with Crippen LogP contribution in [0.2, 0.25) is 0 Å². The van der Waals surface area contributed by atoms with Crippen LogP contribution in [-0.4, -0.2) is 27.3 Å². The Morgan fingerprint density at radius 3 is 2.75 bits per heavy atom. The van der Waals surface area contributed by atoms with Crippen molar-refractivity contribution in [1.82, 2.24) is 14.9 Å². The van der Waals surface area contributed by atoms with E-state index in [9.17, 15) is 9.59 Å². The lowest BCUT2D eigenvalue weighted by atomic mass is 10.2. The standard InChI is InChI=1S/C18H16IN3O2/c1-2-22(18(24)12-6-5-7-13(19)10-12)11-16-20-15-9-4-3-8-14(15)17(23)21-16/h3-10H,2,11H2,1H3,(H,20,21,23). The molecule has 0 bridgehead atoms. The lowest BCUT2D eigenvalue weighted by Gasteiger charge is -2.20. The van der Waals surface area contributed by atoms with Gasteiger partial charge in [0.2, 0.25) is 0 Å². The first-order valence-electron chi connectivity index (χ1n) is 7.61. The zero-order valence-corrected chi connectivity index (χ0v) is 15.3. The van der Waals surface area contributed by atoms with Crippen molar-refractivity contribution in [3.8, 4) is 0 Å². The Morgan fingerprint density at radius 2 is 2.00 bits per heavy atom. The molecule has 0 aliphatic rings. The van der Waals surface area contributed by atoms with Crippen LogP contribution in [0.25, 0.3) is 10.9 Å². The molecule has 0 unspecified atom stereocenters. The van der Waals surface area contributed by atoms with Gasteiger partial charge in [0.25, 0.3) is 11.5 Å². The van der Waals surface area contributed by atoms with Crippen molar-refractivity contribution < 1.29 is 4.79 Å². The second kappa shape index (κ2) is 7.12. The molecule has 2 aromatic carbocycles. The fraction of sp³-hybridized carbons (Fsp3) is 0.167. The first-order chi connectivity index (χ1) is 11.6. The lowest BCUT2D eigenvalue weighted by molar-refractivity contribution is 0.0748. The molecule has 0 atom stereocenters. The fourth-order valence-corrected chi connectivity index (χ4v) is 3.06. The molecule has 1 heterocycles. The summed E-state index contributed by atoms with van der Waals surface area (Å²) in [5, 5.41) is 0.549. The maximum absolute atomic E-state index is 12.7. The summed E-state index contributed by atoms with van der Waals surface area (Å²) in [7, 11) is 0. The smallest absolute Gasteiger partial charge is 0.258 e. The van der Waals surface area contributed by atoms with Crippen LogP contribution >= 0.6 is 22.6 Å². The summed E-state index contributed by atoms with van der Waals surface area (Å²) in [6.07, 6.45) is 0. The fourth-order valence-electron chi connectivity index (χ4n) is 2.52. The molecule has 24 heavy (non-hydrogen) atoms. The predicted molar refractivity (Wildman–Crippen MR) is 102 cm³/mol. The number of benzene rings is 2. The second-order valence-electron chi connectivity index (χ2n) is 5.36. The second-order valence-corrected chi connectivity index (χ2v) is 6.61. The van der Waals surface area contributed by atoms with Crippen LogP contribution in [0.4, 0.5) is 0 Å². The molecular weight excluding hydrogens is 417 g/mol. The maximum atomic E-state index is 12.7. The van der Waals surface area contributed by atoms with Crippen molar-refractivity contribution >= 4 is 39.4 Å². The summed E-state index contributed by atoms with van der Waals surface area (Å²) in [5.41, 5.74) is 1.08. The number of fused-ring (bicyclic) bond motifs is 1. The Kier molecular flexibility index (Phi) is 4.94. The van der Waals surface area contributed by atoms with E-state index in [1.54, 1.807) is 29.2 Å². The molecule has 0 spiro atoms. The molecule has 3 aromatic rings. The number of para-hydroxylation sites is 1. The van der Waals surface area contributed by atoms with Gasteiger partial charge in [-0.15, -0.1) is 0 Å². The number of hydrogen-bond donors (Lipinski definition) is 1. The molecule has 1 amide bonds. The van der Waals surface area contributed by atoms with E-state index in [1.165, 1.54) is 0 Å². The van der Waals surface area contributed by atoms with Gasteiger partial charge in [0.15, 0.2) is 0 Å².